The van der Waals surface area contributed by atoms with E-state index in [1.807, 2.05) is 11.3 Å². The van der Waals surface area contributed by atoms with Crippen LogP contribution < -0.4 is 5.73 Å². The quantitative estimate of drug-likeness (QED) is 0.835. The Balaban J connectivity index is 2.17. The molecule has 21 heavy (non-hydrogen) atoms. The summed E-state index contributed by atoms with van der Waals surface area (Å²) in [5.74, 6) is 0. The lowest BCUT2D eigenvalue weighted by Gasteiger charge is -2.50. The van der Waals surface area contributed by atoms with Gasteiger partial charge in [-0.05, 0) is 44.6 Å². The first kappa shape index (κ1) is 16.9. The molecule has 1 fully saturated rings. The first-order valence-corrected chi connectivity index (χ1v) is 9.10. The molecule has 1 aromatic rings. The molecule has 1 saturated heterocycles. The van der Waals surface area contributed by atoms with Crippen molar-refractivity contribution < 1.29 is 4.74 Å². The lowest BCUT2D eigenvalue weighted by Crippen LogP contribution is -2.60. The Morgan fingerprint density at radius 1 is 1.52 bits per heavy atom. The minimum Gasteiger partial charge on any atom is -0.378 e. The fraction of sp³-hybridized carbons (Fsp3) is 0.765. The number of thiophene rings is 1. The van der Waals surface area contributed by atoms with Gasteiger partial charge in [0.25, 0.3) is 0 Å². The predicted octanol–water partition coefficient (Wildman–Crippen LogP) is 3.64. The van der Waals surface area contributed by atoms with Gasteiger partial charge >= 0.3 is 0 Å². The molecule has 2 atom stereocenters. The molecule has 0 spiro atoms. The van der Waals surface area contributed by atoms with E-state index < -0.39 is 0 Å². The van der Waals surface area contributed by atoms with Crippen LogP contribution in [0.25, 0.3) is 0 Å². The monoisotopic (exact) mass is 310 g/mol. The second kappa shape index (κ2) is 7.73. The summed E-state index contributed by atoms with van der Waals surface area (Å²) >= 11 is 1.84. The highest BCUT2D eigenvalue weighted by Gasteiger charge is 2.41. The molecule has 0 aliphatic carbocycles. The zero-order chi connectivity index (χ0) is 15.3. The summed E-state index contributed by atoms with van der Waals surface area (Å²) in [6, 6.07) is 4.86. The maximum absolute atomic E-state index is 6.27. The van der Waals surface area contributed by atoms with Crippen molar-refractivity contribution in [3.63, 3.8) is 0 Å². The van der Waals surface area contributed by atoms with Crippen LogP contribution >= 0.6 is 11.3 Å². The van der Waals surface area contributed by atoms with Gasteiger partial charge in [0.15, 0.2) is 0 Å². The molecule has 2 N–H and O–H groups in total. The molecule has 0 saturated carbocycles. The highest BCUT2D eigenvalue weighted by Crippen LogP contribution is 2.35. The molecule has 0 radical (unpaired) electrons. The largest absolute Gasteiger partial charge is 0.378 e. The van der Waals surface area contributed by atoms with Crippen molar-refractivity contribution in [1.82, 2.24) is 4.90 Å². The van der Waals surface area contributed by atoms with Crippen LogP contribution in [0.2, 0.25) is 0 Å². The van der Waals surface area contributed by atoms with Crippen molar-refractivity contribution >= 4 is 11.3 Å². The zero-order valence-corrected chi connectivity index (χ0v) is 14.5. The van der Waals surface area contributed by atoms with Crippen molar-refractivity contribution in [3.05, 3.63) is 22.4 Å². The number of hydrogen-bond acceptors (Lipinski definition) is 4. The van der Waals surface area contributed by atoms with Crippen molar-refractivity contribution in [1.29, 1.82) is 0 Å². The van der Waals surface area contributed by atoms with E-state index in [0.29, 0.717) is 12.1 Å². The summed E-state index contributed by atoms with van der Waals surface area (Å²) in [4.78, 5) is 4.04. The van der Waals surface area contributed by atoms with E-state index in [2.05, 4.69) is 43.2 Å². The molecule has 0 aromatic carbocycles. The van der Waals surface area contributed by atoms with Crippen molar-refractivity contribution in [2.45, 2.75) is 70.7 Å². The molecule has 120 valence electrons. The van der Waals surface area contributed by atoms with Gasteiger partial charge in [0.2, 0.25) is 0 Å². The first-order chi connectivity index (χ1) is 10.1. The fourth-order valence-corrected chi connectivity index (χ4v) is 4.24. The summed E-state index contributed by atoms with van der Waals surface area (Å²) in [5, 5.41) is 2.16. The highest BCUT2D eigenvalue weighted by molar-refractivity contribution is 7.09. The summed E-state index contributed by atoms with van der Waals surface area (Å²) in [6.45, 7) is 9.37. The summed E-state index contributed by atoms with van der Waals surface area (Å²) in [7, 11) is 0. The Bertz CT molecular complexity index is 405. The molecular weight excluding hydrogens is 280 g/mol. The van der Waals surface area contributed by atoms with E-state index in [1.54, 1.807) is 0 Å². The molecule has 4 heteroatoms. The van der Waals surface area contributed by atoms with E-state index >= 15 is 0 Å². The molecule has 2 rings (SSSR count). The van der Waals surface area contributed by atoms with Gasteiger partial charge in [-0.1, -0.05) is 19.4 Å². The van der Waals surface area contributed by atoms with Crippen LogP contribution in [0.1, 0.15) is 51.3 Å². The third-order valence-corrected chi connectivity index (χ3v) is 5.52. The average molecular weight is 311 g/mol. The molecule has 1 aromatic heterocycles. The molecule has 0 amide bonds. The SMILES string of the molecule is CCCC1CC(CN)(N(Cc2cccs2)C(C)C)CCO1. The van der Waals surface area contributed by atoms with Gasteiger partial charge in [-0.15, -0.1) is 11.3 Å². The second-order valence-electron chi connectivity index (χ2n) is 6.47. The van der Waals surface area contributed by atoms with Gasteiger partial charge in [-0.25, -0.2) is 0 Å². The standard InChI is InChI=1S/C17H30N2OS/c1-4-6-15-11-17(13-18,8-9-20-15)19(14(2)3)12-16-7-5-10-21-16/h5,7,10,14-15H,4,6,8-9,11-13,18H2,1-3H3. The van der Waals surface area contributed by atoms with Gasteiger partial charge in [0.1, 0.15) is 0 Å². The maximum atomic E-state index is 6.27. The van der Waals surface area contributed by atoms with Crippen LogP contribution in [0.15, 0.2) is 17.5 Å². The van der Waals surface area contributed by atoms with Crippen LogP contribution in [0, 0.1) is 0 Å². The maximum Gasteiger partial charge on any atom is 0.0593 e. The lowest BCUT2D eigenvalue weighted by molar-refractivity contribution is -0.0854. The van der Waals surface area contributed by atoms with Gasteiger partial charge in [0, 0.05) is 36.2 Å². The second-order valence-corrected chi connectivity index (χ2v) is 7.50. The van der Waals surface area contributed by atoms with Crippen LogP contribution in [-0.2, 0) is 11.3 Å². The van der Waals surface area contributed by atoms with E-state index in [1.165, 1.54) is 11.3 Å². The third kappa shape index (κ3) is 4.07. The van der Waals surface area contributed by atoms with Crippen molar-refractivity contribution in [2.24, 2.45) is 5.73 Å². The zero-order valence-electron chi connectivity index (χ0n) is 13.7. The van der Waals surface area contributed by atoms with Gasteiger partial charge < -0.3 is 10.5 Å². The topological polar surface area (TPSA) is 38.5 Å². The lowest BCUT2D eigenvalue weighted by atomic mass is 9.82. The number of ether oxygens (including phenoxy) is 1. The number of hydrogen-bond donors (Lipinski definition) is 1. The van der Waals surface area contributed by atoms with Crippen molar-refractivity contribution in [2.75, 3.05) is 13.2 Å². The van der Waals surface area contributed by atoms with Gasteiger partial charge in [-0.2, -0.15) is 0 Å². The van der Waals surface area contributed by atoms with Gasteiger partial charge in [0.05, 0.1) is 6.10 Å². The van der Waals surface area contributed by atoms with Gasteiger partial charge in [-0.3, -0.25) is 4.90 Å². The highest BCUT2D eigenvalue weighted by atomic mass is 32.1. The summed E-state index contributed by atoms with van der Waals surface area (Å²) < 4.78 is 5.96. The summed E-state index contributed by atoms with van der Waals surface area (Å²) in [6.07, 6.45) is 4.82. The molecule has 2 unspecified atom stereocenters. The Hall–Kier alpha value is -0.420. The minimum atomic E-state index is 0.0935. The summed E-state index contributed by atoms with van der Waals surface area (Å²) in [5.41, 5.74) is 6.36. The molecule has 3 nitrogen and oxygen atoms in total. The smallest absolute Gasteiger partial charge is 0.0593 e. The Labute approximate surface area is 133 Å². The normalized spacial score (nSPS) is 26.7. The fourth-order valence-electron chi connectivity index (χ4n) is 3.54. The number of nitrogens with zero attached hydrogens (tertiary/aromatic N) is 1. The van der Waals surface area contributed by atoms with E-state index in [9.17, 15) is 0 Å². The number of nitrogens with two attached hydrogens (primary N) is 1. The van der Waals surface area contributed by atoms with Crippen LogP contribution in [0.3, 0.4) is 0 Å². The van der Waals surface area contributed by atoms with Crippen molar-refractivity contribution in [3.8, 4) is 0 Å². The molecule has 2 heterocycles. The molecule has 0 bridgehead atoms. The van der Waals surface area contributed by atoms with Crippen LogP contribution in [-0.4, -0.2) is 35.7 Å². The van der Waals surface area contributed by atoms with E-state index in [-0.39, 0.29) is 5.54 Å². The Kier molecular flexibility index (Phi) is 6.23. The molecule has 1 aliphatic heterocycles. The third-order valence-electron chi connectivity index (χ3n) is 4.66. The molecule has 1 aliphatic rings. The predicted molar refractivity (Wildman–Crippen MR) is 90.7 cm³/mol. The van der Waals surface area contributed by atoms with Crippen LogP contribution in [0.4, 0.5) is 0 Å². The minimum absolute atomic E-state index is 0.0935. The van der Waals surface area contributed by atoms with Crippen LogP contribution in [0.5, 0.6) is 0 Å². The Morgan fingerprint density at radius 3 is 2.90 bits per heavy atom. The Morgan fingerprint density at radius 2 is 2.33 bits per heavy atom. The van der Waals surface area contributed by atoms with E-state index in [4.69, 9.17) is 10.5 Å². The van der Waals surface area contributed by atoms with E-state index in [0.717, 1.165) is 39.0 Å². The number of rotatable bonds is 7. The first-order valence-electron chi connectivity index (χ1n) is 8.22. The average Bonchev–Trinajstić information content (AvgIpc) is 2.98. The molecular formula is C17H30N2OS.